The highest BCUT2D eigenvalue weighted by molar-refractivity contribution is 6.32. The highest BCUT2D eigenvalue weighted by atomic mass is 35.5. The lowest BCUT2D eigenvalue weighted by atomic mass is 10.1. The lowest BCUT2D eigenvalue weighted by Crippen LogP contribution is -2.37. The van der Waals surface area contributed by atoms with E-state index in [1.807, 2.05) is 24.3 Å². The highest BCUT2D eigenvalue weighted by Crippen LogP contribution is 2.29. The molecule has 0 spiro atoms. The second-order valence-corrected chi connectivity index (χ2v) is 8.95. The van der Waals surface area contributed by atoms with E-state index in [2.05, 4.69) is 22.3 Å². The molecule has 1 saturated carbocycles. The molecule has 2 aromatic rings. The molecule has 2 aliphatic rings. The summed E-state index contributed by atoms with van der Waals surface area (Å²) in [6.45, 7) is 2.86. The Balaban J connectivity index is 1.27. The van der Waals surface area contributed by atoms with Crippen molar-refractivity contribution in [3.8, 4) is 11.5 Å². The molecular formula is C25H31ClN2O3. The lowest BCUT2D eigenvalue weighted by Gasteiger charge is -2.32. The van der Waals surface area contributed by atoms with Crippen LogP contribution in [0.2, 0.25) is 5.02 Å². The summed E-state index contributed by atoms with van der Waals surface area (Å²) in [5.41, 5.74) is 1.85. The van der Waals surface area contributed by atoms with E-state index in [1.165, 1.54) is 18.4 Å². The molecule has 1 aliphatic heterocycles. The van der Waals surface area contributed by atoms with Gasteiger partial charge >= 0.3 is 0 Å². The molecule has 5 nitrogen and oxygen atoms in total. The van der Waals surface area contributed by atoms with Crippen LogP contribution in [0.3, 0.4) is 0 Å². The standard InChI is InChI=1S/C25H31ClN2O3/c1-30-22-8-4-5-18(15-22)17-28-13-11-21(12-14-28)31-24-10-9-19(16-23(24)26)25(29)27-20-6-2-3-7-20/h4-5,8-10,15-16,20-21H,2-3,6-7,11-14,17H2,1H3,(H,27,29). The van der Waals surface area contributed by atoms with Gasteiger partial charge in [0.1, 0.15) is 17.6 Å². The third-order valence-electron chi connectivity index (χ3n) is 6.25. The smallest absolute Gasteiger partial charge is 0.251 e. The molecule has 2 aromatic carbocycles. The van der Waals surface area contributed by atoms with Gasteiger partial charge in [-0.15, -0.1) is 0 Å². The van der Waals surface area contributed by atoms with Gasteiger partial charge in [0.25, 0.3) is 5.91 Å². The first-order valence-electron chi connectivity index (χ1n) is 11.2. The molecule has 0 unspecified atom stereocenters. The van der Waals surface area contributed by atoms with E-state index < -0.39 is 0 Å². The first-order chi connectivity index (χ1) is 15.1. The maximum absolute atomic E-state index is 12.5. The van der Waals surface area contributed by atoms with Crippen molar-refractivity contribution < 1.29 is 14.3 Å². The van der Waals surface area contributed by atoms with Crippen LogP contribution in [-0.4, -0.2) is 43.2 Å². The molecule has 31 heavy (non-hydrogen) atoms. The van der Waals surface area contributed by atoms with Crippen LogP contribution in [0.15, 0.2) is 42.5 Å². The minimum absolute atomic E-state index is 0.0498. The Labute approximate surface area is 189 Å². The molecule has 1 amide bonds. The fourth-order valence-corrected chi connectivity index (χ4v) is 4.70. The number of carbonyl (C=O) groups is 1. The number of piperidine rings is 1. The van der Waals surface area contributed by atoms with Gasteiger partial charge in [0.15, 0.2) is 0 Å². The predicted octanol–water partition coefficient (Wildman–Crippen LogP) is 5.06. The minimum atomic E-state index is -0.0498. The fourth-order valence-electron chi connectivity index (χ4n) is 4.47. The summed E-state index contributed by atoms with van der Waals surface area (Å²) in [4.78, 5) is 14.9. The van der Waals surface area contributed by atoms with Gasteiger partial charge in [0, 0.05) is 31.2 Å². The molecule has 1 saturated heterocycles. The number of ether oxygens (including phenoxy) is 2. The summed E-state index contributed by atoms with van der Waals surface area (Å²) in [6.07, 6.45) is 6.55. The van der Waals surface area contributed by atoms with Crippen LogP contribution in [0.5, 0.6) is 11.5 Å². The summed E-state index contributed by atoms with van der Waals surface area (Å²) in [6, 6.07) is 13.9. The van der Waals surface area contributed by atoms with Crippen LogP contribution in [0.25, 0.3) is 0 Å². The predicted molar refractivity (Wildman–Crippen MR) is 123 cm³/mol. The van der Waals surface area contributed by atoms with E-state index in [1.54, 1.807) is 13.2 Å². The van der Waals surface area contributed by atoms with Gasteiger partial charge in [-0.25, -0.2) is 0 Å². The lowest BCUT2D eigenvalue weighted by molar-refractivity contribution is 0.0936. The van der Waals surface area contributed by atoms with Crippen molar-refractivity contribution in [1.29, 1.82) is 0 Å². The Bertz CT molecular complexity index is 890. The normalized spacial score (nSPS) is 18.1. The number of benzene rings is 2. The molecule has 166 valence electrons. The number of rotatable bonds is 7. The zero-order chi connectivity index (χ0) is 21.6. The molecule has 2 fully saturated rings. The number of nitrogens with one attached hydrogen (secondary N) is 1. The molecule has 0 aromatic heterocycles. The zero-order valence-electron chi connectivity index (χ0n) is 18.1. The van der Waals surface area contributed by atoms with Crippen molar-refractivity contribution in [2.45, 2.75) is 57.2 Å². The van der Waals surface area contributed by atoms with E-state index in [0.717, 1.165) is 51.1 Å². The Kier molecular flexibility index (Phi) is 7.36. The van der Waals surface area contributed by atoms with Crippen LogP contribution < -0.4 is 14.8 Å². The molecule has 0 bridgehead atoms. The van der Waals surface area contributed by atoms with Gasteiger partial charge < -0.3 is 14.8 Å². The first kappa shape index (κ1) is 22.0. The molecular weight excluding hydrogens is 412 g/mol. The maximum Gasteiger partial charge on any atom is 0.251 e. The quantitative estimate of drug-likeness (QED) is 0.650. The molecule has 4 rings (SSSR count). The molecule has 1 N–H and O–H groups in total. The fraction of sp³-hybridized carbons (Fsp3) is 0.480. The number of hydrogen-bond donors (Lipinski definition) is 1. The van der Waals surface area contributed by atoms with Crippen molar-refractivity contribution in [1.82, 2.24) is 10.2 Å². The van der Waals surface area contributed by atoms with E-state index in [0.29, 0.717) is 22.4 Å². The van der Waals surface area contributed by atoms with Gasteiger partial charge in [-0.3, -0.25) is 9.69 Å². The van der Waals surface area contributed by atoms with E-state index in [9.17, 15) is 4.79 Å². The Morgan fingerprint density at radius 1 is 1.10 bits per heavy atom. The zero-order valence-corrected chi connectivity index (χ0v) is 18.9. The van der Waals surface area contributed by atoms with Crippen LogP contribution in [0.4, 0.5) is 0 Å². The molecule has 0 radical (unpaired) electrons. The second kappa shape index (κ2) is 10.4. The van der Waals surface area contributed by atoms with E-state index in [-0.39, 0.29) is 12.0 Å². The summed E-state index contributed by atoms with van der Waals surface area (Å²) in [5.74, 6) is 1.50. The SMILES string of the molecule is COc1cccc(CN2CCC(Oc3ccc(C(=O)NC4CCCC4)cc3Cl)CC2)c1. The van der Waals surface area contributed by atoms with Gasteiger partial charge in [-0.05, 0) is 61.6 Å². The van der Waals surface area contributed by atoms with Crippen LogP contribution in [0.1, 0.15) is 54.4 Å². The van der Waals surface area contributed by atoms with Crippen molar-refractivity contribution in [2.24, 2.45) is 0 Å². The average molecular weight is 443 g/mol. The van der Waals surface area contributed by atoms with Gasteiger partial charge in [-0.2, -0.15) is 0 Å². The van der Waals surface area contributed by atoms with E-state index >= 15 is 0 Å². The van der Waals surface area contributed by atoms with Crippen molar-refractivity contribution in [3.05, 3.63) is 58.6 Å². The van der Waals surface area contributed by atoms with Gasteiger partial charge in [-0.1, -0.05) is 36.6 Å². The van der Waals surface area contributed by atoms with Crippen molar-refractivity contribution in [3.63, 3.8) is 0 Å². The van der Waals surface area contributed by atoms with Crippen LogP contribution in [0, 0.1) is 0 Å². The monoisotopic (exact) mass is 442 g/mol. The van der Waals surface area contributed by atoms with Gasteiger partial charge in [0.05, 0.1) is 12.1 Å². The Morgan fingerprint density at radius 3 is 2.58 bits per heavy atom. The molecule has 0 atom stereocenters. The molecule has 1 aliphatic carbocycles. The van der Waals surface area contributed by atoms with Crippen LogP contribution in [-0.2, 0) is 6.54 Å². The van der Waals surface area contributed by atoms with Gasteiger partial charge in [0.2, 0.25) is 0 Å². The third kappa shape index (κ3) is 5.92. The molecule has 1 heterocycles. The molecule has 6 heteroatoms. The number of nitrogens with zero attached hydrogens (tertiary/aromatic N) is 1. The first-order valence-corrected chi connectivity index (χ1v) is 11.6. The number of halogens is 1. The third-order valence-corrected chi connectivity index (χ3v) is 6.55. The number of methoxy groups -OCH3 is 1. The topological polar surface area (TPSA) is 50.8 Å². The number of carbonyl (C=O) groups excluding carboxylic acids is 1. The van der Waals surface area contributed by atoms with Crippen LogP contribution >= 0.6 is 11.6 Å². The Hall–Kier alpha value is -2.24. The summed E-state index contributed by atoms with van der Waals surface area (Å²) in [5, 5.41) is 3.60. The highest BCUT2D eigenvalue weighted by Gasteiger charge is 2.22. The van der Waals surface area contributed by atoms with E-state index in [4.69, 9.17) is 21.1 Å². The van der Waals surface area contributed by atoms with Crippen molar-refractivity contribution >= 4 is 17.5 Å². The average Bonchev–Trinajstić information content (AvgIpc) is 3.29. The summed E-state index contributed by atoms with van der Waals surface area (Å²) in [7, 11) is 1.70. The Morgan fingerprint density at radius 2 is 1.87 bits per heavy atom. The summed E-state index contributed by atoms with van der Waals surface area (Å²) < 4.78 is 11.5. The maximum atomic E-state index is 12.5. The second-order valence-electron chi connectivity index (χ2n) is 8.54. The summed E-state index contributed by atoms with van der Waals surface area (Å²) >= 11 is 6.45. The minimum Gasteiger partial charge on any atom is -0.497 e. The number of amides is 1. The van der Waals surface area contributed by atoms with Crippen molar-refractivity contribution in [2.75, 3.05) is 20.2 Å². The largest absolute Gasteiger partial charge is 0.497 e. The number of likely N-dealkylation sites (tertiary alicyclic amines) is 1. The number of hydrogen-bond acceptors (Lipinski definition) is 4.